The molecule has 7 aromatic rings. The Labute approximate surface area is 474 Å². The van der Waals surface area contributed by atoms with Gasteiger partial charge in [-0.3, -0.25) is 4.79 Å². The molecule has 422 valence electrons. The van der Waals surface area contributed by atoms with Crippen molar-refractivity contribution in [1.29, 1.82) is 0 Å². The van der Waals surface area contributed by atoms with Gasteiger partial charge in [-0.25, -0.2) is 4.79 Å². The van der Waals surface area contributed by atoms with Crippen molar-refractivity contribution in [2.45, 2.75) is 128 Å². The van der Waals surface area contributed by atoms with Gasteiger partial charge >= 0.3 is 11.9 Å². The highest BCUT2D eigenvalue weighted by atomic mass is 16.8. The van der Waals surface area contributed by atoms with Gasteiger partial charge in [0.25, 0.3) is 0 Å². The second-order valence-electron chi connectivity index (χ2n) is 21.3. The van der Waals surface area contributed by atoms with Crippen molar-refractivity contribution in [1.82, 2.24) is 0 Å². The van der Waals surface area contributed by atoms with Crippen LogP contribution in [0.3, 0.4) is 0 Å². The van der Waals surface area contributed by atoms with E-state index in [0.29, 0.717) is 11.1 Å². The quantitative estimate of drug-likeness (QED) is 0.0560. The van der Waals surface area contributed by atoms with Crippen LogP contribution < -0.4 is 0 Å². The van der Waals surface area contributed by atoms with Crippen molar-refractivity contribution in [2.24, 2.45) is 5.41 Å². The molecule has 1 unspecified atom stereocenters. The Morgan fingerprint density at radius 1 is 0.444 bits per heavy atom. The summed E-state index contributed by atoms with van der Waals surface area (Å²) in [6.07, 6.45) is -10.1. The minimum Gasteiger partial charge on any atom is -0.457 e. The van der Waals surface area contributed by atoms with E-state index in [1.165, 1.54) is 0 Å². The Bertz CT molecular complexity index is 3000. The van der Waals surface area contributed by atoms with Crippen LogP contribution in [-0.2, 0) is 101 Å². The second kappa shape index (κ2) is 28.2. The number of carbonyl (C=O) groups is 2. The monoisotopic (exact) mass is 1100 g/mol. The topological polar surface area (TPSA) is 145 Å². The molecular weight excluding hydrogens is 1030 g/mol. The Morgan fingerprint density at radius 3 is 1.44 bits per heavy atom. The molecule has 81 heavy (non-hydrogen) atoms. The Hall–Kier alpha value is -6.92. The van der Waals surface area contributed by atoms with Crippen LogP contribution in [0.2, 0.25) is 0 Å². The number of fused-ring (bicyclic) bond motifs is 1. The fourth-order valence-electron chi connectivity index (χ4n) is 9.86. The molecule has 7 aromatic carbocycles. The number of hydrogen-bond donors (Lipinski definition) is 0. The van der Waals surface area contributed by atoms with Crippen LogP contribution in [0.15, 0.2) is 206 Å². The van der Waals surface area contributed by atoms with Crippen LogP contribution in [0.4, 0.5) is 0 Å². The first-order chi connectivity index (χ1) is 39.6. The molecule has 0 bridgehead atoms. The third-order valence-corrected chi connectivity index (χ3v) is 14.2. The maximum atomic E-state index is 14.2. The van der Waals surface area contributed by atoms with Crippen LogP contribution >= 0.6 is 0 Å². The van der Waals surface area contributed by atoms with Crippen LogP contribution in [0, 0.1) is 5.41 Å². The molecule has 0 spiro atoms. The van der Waals surface area contributed by atoms with Crippen molar-refractivity contribution < 1.29 is 66.4 Å². The van der Waals surface area contributed by atoms with E-state index in [1.54, 1.807) is 39.0 Å². The van der Waals surface area contributed by atoms with Gasteiger partial charge in [0.2, 0.25) is 0 Å². The van der Waals surface area contributed by atoms with Gasteiger partial charge in [-0.2, -0.15) is 0 Å². The van der Waals surface area contributed by atoms with E-state index in [9.17, 15) is 9.59 Å². The predicted octanol–water partition coefficient (Wildman–Crippen LogP) is 11.4. The molecule has 3 fully saturated rings. The van der Waals surface area contributed by atoms with E-state index in [-0.39, 0.29) is 52.9 Å². The van der Waals surface area contributed by atoms with Gasteiger partial charge in [0.15, 0.2) is 25.0 Å². The molecule has 3 heterocycles. The summed E-state index contributed by atoms with van der Waals surface area (Å²) in [5.74, 6) is -1.05. The minimum absolute atomic E-state index is 0.0797. The number of ether oxygens (including phenoxy) is 12. The lowest BCUT2D eigenvalue weighted by molar-refractivity contribution is -0.379. The van der Waals surface area contributed by atoms with Crippen molar-refractivity contribution in [3.05, 3.63) is 251 Å². The maximum absolute atomic E-state index is 14.2. The van der Waals surface area contributed by atoms with E-state index in [4.69, 9.17) is 56.8 Å². The van der Waals surface area contributed by atoms with Gasteiger partial charge in [0.05, 0.1) is 57.2 Å². The predicted molar refractivity (Wildman–Crippen MR) is 299 cm³/mol. The van der Waals surface area contributed by atoms with E-state index in [1.807, 2.05) is 188 Å². The average molecular weight is 1100 g/mol. The number of rotatable bonds is 23. The fourth-order valence-corrected chi connectivity index (χ4v) is 9.86. The summed E-state index contributed by atoms with van der Waals surface area (Å²) in [5.41, 5.74) is 5.23. The summed E-state index contributed by atoms with van der Waals surface area (Å²) >= 11 is 0. The van der Waals surface area contributed by atoms with E-state index in [0.717, 1.165) is 33.4 Å². The molecule has 0 aliphatic carbocycles. The molecule has 10 rings (SSSR count). The number of hydrogen-bond acceptors (Lipinski definition) is 14. The highest BCUT2D eigenvalue weighted by Gasteiger charge is 2.55. The molecule has 14 heteroatoms. The molecule has 11 atom stereocenters. The Morgan fingerprint density at radius 2 is 0.901 bits per heavy atom. The second-order valence-corrected chi connectivity index (χ2v) is 21.3. The summed E-state index contributed by atoms with van der Waals surface area (Å²) in [6, 6.07) is 65.5. The lowest BCUT2D eigenvalue weighted by Gasteiger charge is -2.49. The van der Waals surface area contributed by atoms with Crippen LogP contribution in [0.5, 0.6) is 0 Å². The zero-order valence-corrected chi connectivity index (χ0v) is 45.9. The number of carbonyl (C=O) groups excluding carboxylic acids is 2. The van der Waals surface area contributed by atoms with E-state index >= 15 is 0 Å². The summed E-state index contributed by atoms with van der Waals surface area (Å²) < 4.78 is 81.0. The maximum Gasteiger partial charge on any atom is 0.338 e. The van der Waals surface area contributed by atoms with Gasteiger partial charge in [0, 0.05) is 5.56 Å². The van der Waals surface area contributed by atoms with Gasteiger partial charge in [-0.05, 0) is 60.2 Å². The first kappa shape index (κ1) is 57.3. The van der Waals surface area contributed by atoms with Gasteiger partial charge in [0.1, 0.15) is 49.3 Å². The largest absolute Gasteiger partial charge is 0.457 e. The standard InChI is InChI=1S/C67H70O14/c1-67(2,3)66(69)81-61-58(71-39-47-26-12-5-13-27-47)56(70-38-46-24-10-4-11-25-46)54(78-65(61)75-43-52-36-22-23-37-53(52)62(68)74-42-50-32-18-8-19-33-50)44-77-64-60(73-41-49-30-16-7-17-31-49)59(72-40-48-28-14-6-15-29-48)57-55(79-64)45-76-63(80-57)51-34-20-9-21-35-51/h4-37,54-61,63-65H,38-45H2,1-3H3/t54-,55-,56-,57-,58+,59+,60+,61+,63?,64-,65+/m1/s1. The number of esters is 2. The summed E-state index contributed by atoms with van der Waals surface area (Å²) in [5, 5.41) is 0. The molecule has 0 amide bonds. The molecule has 0 radical (unpaired) electrons. The van der Waals surface area contributed by atoms with Crippen LogP contribution in [0.1, 0.15) is 76.4 Å². The molecular formula is C67H70O14. The van der Waals surface area contributed by atoms with E-state index in [2.05, 4.69) is 0 Å². The van der Waals surface area contributed by atoms with Crippen LogP contribution in [-0.4, -0.2) is 86.6 Å². The molecule has 14 nitrogen and oxygen atoms in total. The molecule has 3 aliphatic rings. The minimum atomic E-state index is -1.30. The smallest absolute Gasteiger partial charge is 0.338 e. The zero-order valence-electron chi connectivity index (χ0n) is 45.9. The molecule has 0 N–H and O–H groups in total. The summed E-state index contributed by atoms with van der Waals surface area (Å²) in [4.78, 5) is 28.0. The average Bonchev–Trinajstić information content (AvgIpc) is 3.59. The van der Waals surface area contributed by atoms with Gasteiger partial charge in [-0.1, -0.05) is 200 Å². The third kappa shape index (κ3) is 15.6. The summed E-state index contributed by atoms with van der Waals surface area (Å²) in [7, 11) is 0. The molecule has 3 aliphatic heterocycles. The zero-order chi connectivity index (χ0) is 55.8. The SMILES string of the molecule is CC(C)(C)C(=O)O[C@@H]1[C@@H](OCc2ccccc2C(=O)OCc2ccccc2)O[C@H](CO[C@@H]2O[C@@H]3COC(c4ccccc4)O[C@H]3[C@H](OCc3ccccc3)[C@@H]2OCc2ccccc2)[C@@H](OCc2ccccc2)[C@@H]1OCc1ccccc1. The summed E-state index contributed by atoms with van der Waals surface area (Å²) in [6.45, 7) is 5.96. The van der Waals surface area contributed by atoms with Gasteiger partial charge < -0.3 is 56.8 Å². The highest BCUT2D eigenvalue weighted by Crippen LogP contribution is 2.39. The third-order valence-electron chi connectivity index (χ3n) is 14.2. The van der Waals surface area contributed by atoms with Crippen molar-refractivity contribution in [2.75, 3.05) is 13.2 Å². The van der Waals surface area contributed by atoms with Crippen molar-refractivity contribution >= 4 is 11.9 Å². The normalized spacial score (nSPS) is 24.6. The molecule has 0 saturated carbocycles. The lowest BCUT2D eigenvalue weighted by atomic mass is 9.95. The van der Waals surface area contributed by atoms with Crippen molar-refractivity contribution in [3.63, 3.8) is 0 Å². The van der Waals surface area contributed by atoms with Gasteiger partial charge in [-0.15, -0.1) is 0 Å². The highest BCUT2D eigenvalue weighted by molar-refractivity contribution is 5.91. The Kier molecular flexibility index (Phi) is 19.9. The first-order valence-corrected chi connectivity index (χ1v) is 27.6. The molecule has 3 saturated heterocycles. The van der Waals surface area contributed by atoms with Crippen molar-refractivity contribution in [3.8, 4) is 0 Å². The van der Waals surface area contributed by atoms with E-state index < -0.39 is 85.1 Å². The first-order valence-electron chi connectivity index (χ1n) is 27.6. The number of benzene rings is 7. The molecule has 0 aromatic heterocycles. The Balaban J connectivity index is 0.994. The fraction of sp³-hybridized carbons (Fsp3) is 0.343. The van der Waals surface area contributed by atoms with Crippen LogP contribution in [0.25, 0.3) is 0 Å². The lowest BCUT2D eigenvalue weighted by Crippen LogP contribution is -2.65.